The predicted molar refractivity (Wildman–Crippen MR) is 84.4 cm³/mol. The number of amides is 2. The number of nitrogens with one attached hydrogen (secondary N) is 1. The van der Waals surface area contributed by atoms with Crippen molar-refractivity contribution in [1.29, 1.82) is 0 Å². The first-order valence-electron chi connectivity index (χ1n) is 7.78. The van der Waals surface area contributed by atoms with Crippen molar-refractivity contribution < 1.29 is 4.79 Å². The van der Waals surface area contributed by atoms with Crippen LogP contribution in [0.15, 0.2) is 24.3 Å². The number of piperidine rings is 1. The fourth-order valence-corrected chi connectivity index (χ4v) is 3.82. The zero-order valence-electron chi connectivity index (χ0n) is 13.2. The summed E-state index contributed by atoms with van der Waals surface area (Å²) in [6.45, 7) is 2.28. The van der Waals surface area contributed by atoms with Crippen LogP contribution in [-0.4, -0.2) is 50.1 Å². The molecule has 1 spiro atoms. The van der Waals surface area contributed by atoms with Crippen LogP contribution in [0.5, 0.6) is 0 Å². The van der Waals surface area contributed by atoms with E-state index in [4.69, 9.17) is 0 Å². The van der Waals surface area contributed by atoms with E-state index in [1.54, 1.807) is 19.0 Å². The Morgan fingerprint density at radius 3 is 2.62 bits per heavy atom. The third kappa shape index (κ3) is 2.53. The van der Waals surface area contributed by atoms with Crippen molar-refractivity contribution in [2.45, 2.75) is 30.7 Å². The van der Waals surface area contributed by atoms with E-state index >= 15 is 0 Å². The number of carbonyl (C=O) groups is 1. The summed E-state index contributed by atoms with van der Waals surface area (Å²) in [6, 6.07) is 8.82. The molecule has 0 saturated carbocycles. The lowest BCUT2D eigenvalue weighted by Gasteiger charge is -2.39. The molecule has 114 valence electrons. The fraction of sp³-hybridized carbons (Fsp3) is 0.588. The largest absolute Gasteiger partial charge is 0.331 e. The number of rotatable bonds is 1. The molecular formula is C17H25N3O. The molecule has 4 heteroatoms. The highest BCUT2D eigenvalue weighted by atomic mass is 16.2. The molecule has 1 saturated heterocycles. The highest BCUT2D eigenvalue weighted by Gasteiger charge is 2.45. The Morgan fingerprint density at radius 2 is 1.95 bits per heavy atom. The summed E-state index contributed by atoms with van der Waals surface area (Å²) >= 11 is 0. The van der Waals surface area contributed by atoms with Crippen molar-refractivity contribution in [3.8, 4) is 0 Å². The fourth-order valence-electron chi connectivity index (χ4n) is 3.82. The number of hydrogen-bond donors (Lipinski definition) is 1. The van der Waals surface area contributed by atoms with Gasteiger partial charge in [0.25, 0.3) is 0 Å². The van der Waals surface area contributed by atoms with Crippen molar-refractivity contribution in [2.75, 3.05) is 34.2 Å². The summed E-state index contributed by atoms with van der Waals surface area (Å²) in [4.78, 5) is 16.1. The summed E-state index contributed by atoms with van der Waals surface area (Å²) in [6.07, 6.45) is 3.42. The molecule has 1 aliphatic heterocycles. The van der Waals surface area contributed by atoms with E-state index in [9.17, 15) is 4.79 Å². The first kappa shape index (κ1) is 14.4. The minimum absolute atomic E-state index is 0.000203. The van der Waals surface area contributed by atoms with Crippen molar-refractivity contribution in [3.05, 3.63) is 35.4 Å². The standard InChI is InChI=1S/C17H25N3O/c1-19(2)16(21)18-15-12-17(8-10-20(3)11-9-17)14-7-5-4-6-13(14)15/h4-7,15H,8-12H2,1-3H3,(H,18,21)/t15-/m0/s1. The van der Waals surface area contributed by atoms with Crippen LogP contribution in [0, 0.1) is 0 Å². The molecular weight excluding hydrogens is 262 g/mol. The van der Waals surface area contributed by atoms with Gasteiger partial charge in [-0.2, -0.15) is 0 Å². The number of carbonyl (C=O) groups excluding carboxylic acids is 1. The minimum Gasteiger partial charge on any atom is -0.331 e. The van der Waals surface area contributed by atoms with Crippen LogP contribution in [0.2, 0.25) is 0 Å². The van der Waals surface area contributed by atoms with Gasteiger partial charge in [-0.3, -0.25) is 0 Å². The van der Waals surface area contributed by atoms with Crippen LogP contribution in [0.4, 0.5) is 4.79 Å². The Balaban J connectivity index is 1.88. The van der Waals surface area contributed by atoms with Gasteiger partial charge in [0.05, 0.1) is 6.04 Å². The second-order valence-corrected chi connectivity index (χ2v) is 6.77. The molecule has 4 nitrogen and oxygen atoms in total. The summed E-state index contributed by atoms with van der Waals surface area (Å²) in [5, 5.41) is 3.19. The summed E-state index contributed by atoms with van der Waals surface area (Å²) in [7, 11) is 5.78. The summed E-state index contributed by atoms with van der Waals surface area (Å²) in [5.41, 5.74) is 3.03. The molecule has 1 aliphatic carbocycles. The molecule has 3 rings (SSSR count). The molecule has 0 aromatic heterocycles. The van der Waals surface area contributed by atoms with E-state index in [0.717, 1.165) is 19.5 Å². The maximum absolute atomic E-state index is 12.0. The summed E-state index contributed by atoms with van der Waals surface area (Å²) in [5.74, 6) is 0. The van der Waals surface area contributed by atoms with E-state index in [-0.39, 0.29) is 17.5 Å². The van der Waals surface area contributed by atoms with Crippen LogP contribution in [0.25, 0.3) is 0 Å². The molecule has 1 fully saturated rings. The first-order valence-corrected chi connectivity index (χ1v) is 7.78. The maximum Gasteiger partial charge on any atom is 0.317 e. The maximum atomic E-state index is 12.0. The Bertz CT molecular complexity index is 533. The SMILES string of the molecule is CN1CCC2(CC1)C[C@H](NC(=O)N(C)C)c1ccccc12. The third-order valence-electron chi connectivity index (χ3n) is 5.15. The quantitative estimate of drug-likeness (QED) is 0.860. The first-order chi connectivity index (χ1) is 10.0. The van der Waals surface area contributed by atoms with E-state index in [1.807, 2.05) is 0 Å². The molecule has 1 aromatic rings. The molecule has 1 heterocycles. The van der Waals surface area contributed by atoms with Gasteiger partial charge < -0.3 is 15.1 Å². The van der Waals surface area contributed by atoms with Crippen LogP contribution >= 0.6 is 0 Å². The van der Waals surface area contributed by atoms with Gasteiger partial charge >= 0.3 is 6.03 Å². The second-order valence-electron chi connectivity index (χ2n) is 6.77. The van der Waals surface area contributed by atoms with Crippen LogP contribution in [-0.2, 0) is 5.41 Å². The van der Waals surface area contributed by atoms with Gasteiger partial charge in [0.2, 0.25) is 0 Å². The molecule has 1 aromatic carbocycles. The number of fused-ring (bicyclic) bond motifs is 2. The lowest BCUT2D eigenvalue weighted by Crippen LogP contribution is -2.41. The van der Waals surface area contributed by atoms with Crippen molar-refractivity contribution in [3.63, 3.8) is 0 Å². The average Bonchev–Trinajstić information content (AvgIpc) is 2.77. The van der Waals surface area contributed by atoms with Gasteiger partial charge in [0.1, 0.15) is 0 Å². The number of nitrogens with zero attached hydrogens (tertiary/aromatic N) is 2. The second kappa shape index (κ2) is 5.34. The number of likely N-dealkylation sites (tertiary alicyclic amines) is 1. The highest BCUT2D eigenvalue weighted by Crippen LogP contribution is 2.50. The van der Waals surface area contributed by atoms with Gasteiger partial charge in [-0.15, -0.1) is 0 Å². The Morgan fingerprint density at radius 1 is 1.29 bits per heavy atom. The summed E-state index contributed by atoms with van der Waals surface area (Å²) < 4.78 is 0. The van der Waals surface area contributed by atoms with Crippen LogP contribution in [0.3, 0.4) is 0 Å². The Kier molecular flexibility index (Phi) is 3.66. The van der Waals surface area contributed by atoms with Crippen LogP contribution < -0.4 is 5.32 Å². The van der Waals surface area contributed by atoms with E-state index < -0.39 is 0 Å². The van der Waals surface area contributed by atoms with Gasteiger partial charge in [-0.1, -0.05) is 24.3 Å². The topological polar surface area (TPSA) is 35.6 Å². The third-order valence-corrected chi connectivity index (χ3v) is 5.15. The lowest BCUT2D eigenvalue weighted by molar-refractivity contribution is 0.176. The molecule has 2 aliphatic rings. The van der Waals surface area contributed by atoms with Gasteiger partial charge in [0, 0.05) is 19.5 Å². The average molecular weight is 287 g/mol. The van der Waals surface area contributed by atoms with E-state index in [2.05, 4.69) is 41.5 Å². The number of hydrogen-bond acceptors (Lipinski definition) is 2. The van der Waals surface area contributed by atoms with E-state index in [0.29, 0.717) is 0 Å². The predicted octanol–water partition coefficient (Wildman–Crippen LogP) is 2.37. The Labute approximate surface area is 127 Å². The highest BCUT2D eigenvalue weighted by molar-refractivity contribution is 5.74. The number of benzene rings is 1. The Hall–Kier alpha value is -1.55. The van der Waals surface area contributed by atoms with E-state index in [1.165, 1.54) is 24.0 Å². The molecule has 1 atom stereocenters. The van der Waals surface area contributed by atoms with Gasteiger partial charge in [0.15, 0.2) is 0 Å². The number of urea groups is 1. The molecule has 0 unspecified atom stereocenters. The van der Waals surface area contributed by atoms with Crippen molar-refractivity contribution in [1.82, 2.24) is 15.1 Å². The van der Waals surface area contributed by atoms with Crippen molar-refractivity contribution in [2.24, 2.45) is 0 Å². The van der Waals surface area contributed by atoms with Gasteiger partial charge in [-0.25, -0.2) is 4.79 Å². The minimum atomic E-state index is -0.000203. The van der Waals surface area contributed by atoms with Crippen molar-refractivity contribution >= 4 is 6.03 Å². The monoisotopic (exact) mass is 287 g/mol. The molecule has 0 radical (unpaired) electrons. The zero-order valence-corrected chi connectivity index (χ0v) is 13.2. The molecule has 1 N–H and O–H groups in total. The van der Waals surface area contributed by atoms with Crippen LogP contribution in [0.1, 0.15) is 36.4 Å². The normalized spacial score (nSPS) is 23.9. The lowest BCUT2D eigenvalue weighted by atomic mass is 9.74. The smallest absolute Gasteiger partial charge is 0.317 e. The molecule has 0 bridgehead atoms. The zero-order chi connectivity index (χ0) is 15.0. The van der Waals surface area contributed by atoms with Gasteiger partial charge in [-0.05, 0) is 50.5 Å². The molecule has 2 amide bonds. The molecule has 21 heavy (non-hydrogen) atoms.